The molecule has 1 aromatic rings. The van der Waals surface area contributed by atoms with Gasteiger partial charge in [0.1, 0.15) is 5.82 Å². The number of nitrogens with zero attached hydrogens (tertiary/aromatic N) is 2. The Kier molecular flexibility index (Phi) is 4.58. The topological polar surface area (TPSA) is 37.8 Å². The molecule has 2 aliphatic carbocycles. The maximum atomic E-state index is 4.88. The molecule has 1 aromatic heterocycles. The van der Waals surface area contributed by atoms with E-state index in [1.165, 1.54) is 61.9 Å². The summed E-state index contributed by atoms with van der Waals surface area (Å²) in [6.45, 7) is 7.70. The highest BCUT2D eigenvalue weighted by Gasteiger charge is 2.24. The molecule has 2 aliphatic rings. The van der Waals surface area contributed by atoms with Gasteiger partial charge in [0, 0.05) is 29.9 Å². The highest BCUT2D eigenvalue weighted by Crippen LogP contribution is 2.32. The lowest BCUT2D eigenvalue weighted by Crippen LogP contribution is -2.24. The Morgan fingerprint density at radius 1 is 1.00 bits per heavy atom. The van der Waals surface area contributed by atoms with Gasteiger partial charge in [-0.3, -0.25) is 0 Å². The normalized spacial score (nSPS) is 21.5. The van der Waals surface area contributed by atoms with Crippen LogP contribution < -0.4 is 5.32 Å². The lowest BCUT2D eigenvalue weighted by Gasteiger charge is -2.23. The second-order valence-electron chi connectivity index (χ2n) is 7.08. The van der Waals surface area contributed by atoms with Gasteiger partial charge >= 0.3 is 0 Å². The van der Waals surface area contributed by atoms with E-state index in [1.807, 2.05) is 0 Å². The maximum Gasteiger partial charge on any atom is 0.131 e. The molecular formula is C18H29N3. The fourth-order valence-corrected chi connectivity index (χ4v) is 3.74. The van der Waals surface area contributed by atoms with Crippen LogP contribution in [0.4, 0.5) is 0 Å². The Bertz CT molecular complexity index is 464. The summed E-state index contributed by atoms with van der Waals surface area (Å²) < 4.78 is 0. The third-order valence-electron chi connectivity index (χ3n) is 5.10. The molecule has 21 heavy (non-hydrogen) atoms. The Hall–Kier alpha value is -0.960. The zero-order valence-electron chi connectivity index (χ0n) is 13.8. The van der Waals surface area contributed by atoms with Crippen molar-refractivity contribution in [2.75, 3.05) is 6.54 Å². The van der Waals surface area contributed by atoms with Crippen LogP contribution in [0.3, 0.4) is 0 Å². The third-order valence-corrected chi connectivity index (χ3v) is 5.10. The maximum absolute atomic E-state index is 4.88. The summed E-state index contributed by atoms with van der Waals surface area (Å²) >= 11 is 0. The summed E-state index contributed by atoms with van der Waals surface area (Å²) in [6.07, 6.45) is 9.32. The van der Waals surface area contributed by atoms with Crippen LogP contribution in [0.2, 0.25) is 0 Å². The lowest BCUT2D eigenvalue weighted by molar-refractivity contribution is 0.426. The van der Waals surface area contributed by atoms with Gasteiger partial charge in [0.2, 0.25) is 0 Å². The molecule has 116 valence electrons. The third kappa shape index (κ3) is 3.63. The summed E-state index contributed by atoms with van der Waals surface area (Å²) in [5.74, 6) is 2.21. The van der Waals surface area contributed by atoms with Crippen LogP contribution in [0.15, 0.2) is 0 Å². The molecule has 0 spiro atoms. The zero-order chi connectivity index (χ0) is 14.8. The van der Waals surface area contributed by atoms with Gasteiger partial charge in [0.15, 0.2) is 0 Å². The van der Waals surface area contributed by atoms with E-state index in [0.717, 1.165) is 18.4 Å². The molecule has 0 aromatic carbocycles. The minimum Gasteiger partial charge on any atom is -0.313 e. The van der Waals surface area contributed by atoms with Crippen molar-refractivity contribution in [3.63, 3.8) is 0 Å². The first-order valence-electron chi connectivity index (χ1n) is 8.73. The first-order chi connectivity index (χ1) is 10.1. The molecule has 2 saturated carbocycles. The van der Waals surface area contributed by atoms with Crippen molar-refractivity contribution in [3.05, 3.63) is 22.8 Å². The quantitative estimate of drug-likeness (QED) is 0.889. The van der Waals surface area contributed by atoms with E-state index in [9.17, 15) is 0 Å². The number of aryl methyl sites for hydroxylation is 2. The van der Waals surface area contributed by atoms with E-state index >= 15 is 0 Å². The Balaban J connectivity index is 1.74. The first-order valence-corrected chi connectivity index (χ1v) is 8.73. The predicted octanol–water partition coefficient (Wildman–Crippen LogP) is 4.00. The fraction of sp³-hybridized carbons (Fsp3) is 0.778. The highest BCUT2D eigenvalue weighted by atomic mass is 15.0. The molecule has 0 radical (unpaired) electrons. The Labute approximate surface area is 129 Å². The summed E-state index contributed by atoms with van der Waals surface area (Å²) in [5.41, 5.74) is 3.77. The molecule has 1 atom stereocenters. The summed E-state index contributed by atoms with van der Waals surface area (Å²) in [5, 5.41) is 3.63. The average molecular weight is 287 g/mol. The first kappa shape index (κ1) is 15.0. The minimum absolute atomic E-state index is 0.506. The van der Waals surface area contributed by atoms with Crippen LogP contribution in [0.5, 0.6) is 0 Å². The Morgan fingerprint density at radius 3 is 2.19 bits per heavy atom. The number of aromatic nitrogens is 2. The zero-order valence-corrected chi connectivity index (χ0v) is 13.8. The van der Waals surface area contributed by atoms with Crippen LogP contribution in [-0.4, -0.2) is 22.6 Å². The molecule has 1 N–H and O–H groups in total. The minimum atomic E-state index is 0.506. The van der Waals surface area contributed by atoms with E-state index < -0.39 is 0 Å². The van der Waals surface area contributed by atoms with E-state index in [2.05, 4.69) is 26.1 Å². The summed E-state index contributed by atoms with van der Waals surface area (Å²) in [6, 6.07) is 0.774. The molecule has 3 heteroatoms. The highest BCUT2D eigenvalue weighted by molar-refractivity contribution is 5.29. The number of nitrogens with one attached hydrogen (secondary N) is 1. The SMILES string of the molecule is Cc1nc(C2CCCCC2)nc(C)c1C(C)CNC1CC1. The van der Waals surface area contributed by atoms with Gasteiger partial charge < -0.3 is 5.32 Å². The van der Waals surface area contributed by atoms with E-state index in [-0.39, 0.29) is 0 Å². The average Bonchev–Trinajstić information content (AvgIpc) is 3.29. The second-order valence-corrected chi connectivity index (χ2v) is 7.08. The molecule has 3 rings (SSSR count). The molecular weight excluding hydrogens is 258 g/mol. The largest absolute Gasteiger partial charge is 0.313 e. The van der Waals surface area contributed by atoms with Crippen LogP contribution >= 0.6 is 0 Å². The van der Waals surface area contributed by atoms with Crippen LogP contribution in [0.1, 0.15) is 86.5 Å². The monoisotopic (exact) mass is 287 g/mol. The van der Waals surface area contributed by atoms with Crippen molar-refractivity contribution in [3.8, 4) is 0 Å². The standard InChI is InChI=1S/C18H29N3/c1-12(11-19-16-9-10-16)17-13(2)20-18(21-14(17)3)15-7-5-4-6-8-15/h12,15-16,19H,4-11H2,1-3H3. The molecule has 0 amide bonds. The smallest absolute Gasteiger partial charge is 0.131 e. The predicted molar refractivity (Wildman–Crippen MR) is 86.8 cm³/mol. The molecule has 0 bridgehead atoms. The van der Waals surface area contributed by atoms with Crippen molar-refractivity contribution in [2.24, 2.45) is 0 Å². The summed E-state index contributed by atoms with van der Waals surface area (Å²) in [4.78, 5) is 9.77. The van der Waals surface area contributed by atoms with Crippen molar-refractivity contribution in [1.82, 2.24) is 15.3 Å². The molecule has 0 aliphatic heterocycles. The van der Waals surface area contributed by atoms with Gasteiger partial charge in [-0.25, -0.2) is 9.97 Å². The van der Waals surface area contributed by atoms with Gasteiger partial charge in [-0.15, -0.1) is 0 Å². The van der Waals surface area contributed by atoms with Crippen molar-refractivity contribution >= 4 is 0 Å². The molecule has 2 fully saturated rings. The fourth-order valence-electron chi connectivity index (χ4n) is 3.74. The van der Waals surface area contributed by atoms with E-state index in [0.29, 0.717) is 11.8 Å². The van der Waals surface area contributed by atoms with Crippen molar-refractivity contribution in [2.45, 2.75) is 83.6 Å². The molecule has 0 saturated heterocycles. The second kappa shape index (κ2) is 6.43. The number of hydrogen-bond acceptors (Lipinski definition) is 3. The van der Waals surface area contributed by atoms with Gasteiger partial charge in [0.05, 0.1) is 0 Å². The molecule has 3 nitrogen and oxygen atoms in total. The summed E-state index contributed by atoms with van der Waals surface area (Å²) in [7, 11) is 0. The van der Waals surface area contributed by atoms with Gasteiger partial charge in [-0.2, -0.15) is 0 Å². The van der Waals surface area contributed by atoms with E-state index in [1.54, 1.807) is 0 Å². The number of hydrogen-bond donors (Lipinski definition) is 1. The molecule has 1 unspecified atom stereocenters. The Morgan fingerprint density at radius 2 is 1.62 bits per heavy atom. The van der Waals surface area contributed by atoms with Crippen LogP contribution in [0, 0.1) is 13.8 Å². The number of rotatable bonds is 5. The van der Waals surface area contributed by atoms with Crippen LogP contribution in [-0.2, 0) is 0 Å². The van der Waals surface area contributed by atoms with E-state index in [4.69, 9.17) is 9.97 Å². The van der Waals surface area contributed by atoms with Crippen molar-refractivity contribution < 1.29 is 0 Å². The van der Waals surface area contributed by atoms with Gasteiger partial charge in [-0.05, 0) is 51.0 Å². The van der Waals surface area contributed by atoms with Crippen LogP contribution in [0.25, 0.3) is 0 Å². The van der Waals surface area contributed by atoms with Gasteiger partial charge in [-0.1, -0.05) is 26.2 Å². The molecule has 1 heterocycles. The lowest BCUT2D eigenvalue weighted by atomic mass is 9.88. The van der Waals surface area contributed by atoms with Gasteiger partial charge in [0.25, 0.3) is 0 Å². The van der Waals surface area contributed by atoms with Crippen molar-refractivity contribution in [1.29, 1.82) is 0 Å².